The van der Waals surface area contributed by atoms with Gasteiger partial charge < -0.3 is 4.13 Å². The quantitative estimate of drug-likeness (QED) is 0.690. The van der Waals surface area contributed by atoms with Crippen molar-refractivity contribution < 1.29 is 48.2 Å². The van der Waals surface area contributed by atoms with E-state index in [-0.39, 0.29) is 0 Å². The van der Waals surface area contributed by atoms with Crippen molar-refractivity contribution in [3.05, 3.63) is 15.9 Å². The third-order valence-electron chi connectivity index (χ3n) is 3.12. The molecular weight excluding hydrogens is 404 g/mol. The summed E-state index contributed by atoms with van der Waals surface area (Å²) < 4.78 is 109. The summed E-state index contributed by atoms with van der Waals surface area (Å²) in [5.74, 6) is 0. The maximum atomic E-state index is 11.4. The molecule has 2 atom stereocenters. The van der Waals surface area contributed by atoms with Gasteiger partial charge in [-0.3, -0.25) is 0 Å². The van der Waals surface area contributed by atoms with Crippen molar-refractivity contribution in [1.29, 1.82) is 0 Å². The maximum absolute atomic E-state index is 11.4. The summed E-state index contributed by atoms with van der Waals surface area (Å²) in [5, 5.41) is 3.84. The third kappa shape index (κ3) is 6.00. The fourth-order valence-corrected chi connectivity index (χ4v) is 3.58. The molecule has 1 aliphatic heterocycles. The molecule has 0 aromatic heterocycles. The van der Waals surface area contributed by atoms with Crippen LogP contribution in [0.15, 0.2) is 11.8 Å². The van der Waals surface area contributed by atoms with E-state index in [0.29, 0.717) is 6.04 Å². The SMILES string of the molecule is CC[NH+]1C(C)C=C(C)N1C.O=S(=O)([N-]S(=O)(=O)C(F)(F)F)C(F)(F)F. The summed E-state index contributed by atoms with van der Waals surface area (Å²) in [6, 6.07) is 0.662. The second kappa shape index (κ2) is 7.67. The van der Waals surface area contributed by atoms with Crippen molar-refractivity contribution in [2.45, 2.75) is 37.8 Å². The lowest BCUT2D eigenvalue weighted by molar-refractivity contribution is -1.01. The standard InChI is InChI=1S/C8H16N2.C2F6NO4S2/c1-5-10-8(3)6-7(2)9(10)4;3-1(4,5)14(10,11)9-15(12,13)2(6,7)8/h6,8H,5H2,1-4H3;/q;-1/p+1. The van der Waals surface area contributed by atoms with Crippen LogP contribution >= 0.6 is 0 Å². The second-order valence-electron chi connectivity index (χ2n) is 4.92. The van der Waals surface area contributed by atoms with Gasteiger partial charge in [-0.05, 0) is 26.8 Å². The van der Waals surface area contributed by atoms with E-state index >= 15 is 0 Å². The number of hydrogen-bond acceptors (Lipinski definition) is 5. The monoisotopic (exact) mass is 421 g/mol. The second-order valence-corrected chi connectivity index (χ2v) is 8.34. The fourth-order valence-electron chi connectivity index (χ4n) is 1.87. The van der Waals surface area contributed by atoms with Crippen LogP contribution in [0.4, 0.5) is 26.3 Å². The molecule has 0 aromatic rings. The molecule has 1 N–H and O–H groups in total. The van der Waals surface area contributed by atoms with Crippen LogP contribution in [0.3, 0.4) is 0 Å². The first-order valence-electron chi connectivity index (χ1n) is 6.52. The van der Waals surface area contributed by atoms with E-state index in [2.05, 4.69) is 38.9 Å². The number of sulfonamides is 2. The Bertz CT molecular complexity index is 657. The summed E-state index contributed by atoms with van der Waals surface area (Å²) >= 11 is 0. The van der Waals surface area contributed by atoms with E-state index in [1.807, 2.05) is 0 Å². The maximum Gasteiger partial charge on any atom is 0.480 e. The Labute approximate surface area is 141 Å². The predicted octanol–water partition coefficient (Wildman–Crippen LogP) is 1.10. The zero-order chi connectivity index (χ0) is 20.4. The van der Waals surface area contributed by atoms with Gasteiger partial charge in [-0.2, -0.15) is 26.3 Å². The van der Waals surface area contributed by atoms with Crippen LogP contribution in [0, 0.1) is 0 Å². The number of halogens is 6. The Morgan fingerprint density at radius 1 is 1.08 bits per heavy atom. The predicted molar refractivity (Wildman–Crippen MR) is 75.8 cm³/mol. The van der Waals surface area contributed by atoms with Gasteiger partial charge in [0.1, 0.15) is 6.04 Å². The van der Waals surface area contributed by atoms with Gasteiger partial charge in [-0.25, -0.2) is 26.9 Å². The van der Waals surface area contributed by atoms with E-state index in [4.69, 9.17) is 0 Å². The largest absolute Gasteiger partial charge is 0.480 e. The molecule has 0 saturated heterocycles. The van der Waals surface area contributed by atoms with Gasteiger partial charge in [-0.15, -0.1) is 0 Å². The molecule has 2 unspecified atom stereocenters. The first kappa shape index (κ1) is 23.9. The zero-order valence-corrected chi connectivity index (χ0v) is 15.1. The molecule has 1 rings (SSSR count). The lowest BCUT2D eigenvalue weighted by Gasteiger charge is -2.25. The molecule has 0 bridgehead atoms. The highest BCUT2D eigenvalue weighted by Gasteiger charge is 2.46. The highest BCUT2D eigenvalue weighted by atomic mass is 32.3. The summed E-state index contributed by atoms with van der Waals surface area (Å²) in [4.78, 5) is 0. The summed E-state index contributed by atoms with van der Waals surface area (Å²) in [7, 11) is -11.3. The first-order chi connectivity index (χ1) is 10.9. The minimum Gasteiger partial charge on any atom is -0.421 e. The van der Waals surface area contributed by atoms with Crippen molar-refractivity contribution >= 4 is 20.0 Å². The number of allylic oxidation sites excluding steroid dienone is 1. The van der Waals surface area contributed by atoms with E-state index in [0.717, 1.165) is 4.13 Å². The zero-order valence-electron chi connectivity index (χ0n) is 13.5. The van der Waals surface area contributed by atoms with Crippen LogP contribution in [0.2, 0.25) is 0 Å². The Morgan fingerprint density at radius 3 is 1.60 bits per heavy atom. The van der Waals surface area contributed by atoms with Crippen LogP contribution in [0.5, 0.6) is 0 Å². The Morgan fingerprint density at radius 2 is 1.44 bits per heavy atom. The average Bonchev–Trinajstić information content (AvgIpc) is 2.59. The molecule has 25 heavy (non-hydrogen) atoms. The van der Waals surface area contributed by atoms with Crippen molar-refractivity contribution in [2.24, 2.45) is 0 Å². The molecule has 0 amide bonds. The van der Waals surface area contributed by atoms with Gasteiger partial charge in [0.25, 0.3) is 0 Å². The molecule has 1 aliphatic rings. The lowest BCUT2D eigenvalue weighted by atomic mass is 10.3. The highest BCUT2D eigenvalue weighted by molar-refractivity contribution is 8.13. The van der Waals surface area contributed by atoms with Crippen LogP contribution in [0.25, 0.3) is 4.13 Å². The van der Waals surface area contributed by atoms with Crippen molar-refractivity contribution in [1.82, 2.24) is 5.01 Å². The molecule has 0 fully saturated rings. The number of rotatable bonds is 3. The van der Waals surface area contributed by atoms with Gasteiger partial charge in [0, 0.05) is 0 Å². The summed E-state index contributed by atoms with van der Waals surface area (Å²) in [6.45, 7) is 7.81. The van der Waals surface area contributed by atoms with Gasteiger partial charge in [0.05, 0.1) is 19.3 Å². The van der Waals surface area contributed by atoms with Crippen LogP contribution in [-0.4, -0.2) is 52.5 Å². The number of likely N-dealkylation sites (N-methyl/N-ethyl adjacent to an activating group) is 1. The first-order valence-corrected chi connectivity index (χ1v) is 9.40. The van der Waals surface area contributed by atoms with Gasteiger partial charge in [-0.1, -0.05) is 0 Å². The van der Waals surface area contributed by atoms with E-state index in [9.17, 15) is 43.2 Å². The molecule has 0 radical (unpaired) electrons. The number of nitrogens with one attached hydrogen (secondary N) is 1. The summed E-state index contributed by atoms with van der Waals surface area (Å²) in [5.41, 5.74) is -11.0. The van der Waals surface area contributed by atoms with Gasteiger partial charge in [0.15, 0.2) is 20.0 Å². The van der Waals surface area contributed by atoms with E-state index in [1.165, 1.54) is 17.3 Å². The van der Waals surface area contributed by atoms with E-state index in [1.54, 1.807) is 0 Å². The van der Waals surface area contributed by atoms with Crippen molar-refractivity contribution in [2.75, 3.05) is 13.6 Å². The summed E-state index contributed by atoms with van der Waals surface area (Å²) in [6.07, 6.45) is 2.32. The highest BCUT2D eigenvalue weighted by Crippen LogP contribution is 2.36. The molecule has 1 heterocycles. The fraction of sp³-hybridized carbons (Fsp3) is 0.800. The Kier molecular flexibility index (Phi) is 7.35. The van der Waals surface area contributed by atoms with Gasteiger partial charge >= 0.3 is 11.0 Å². The molecular formula is C10H17F6N3O4S2. The number of quaternary nitrogens is 1. The molecule has 0 aromatic carbocycles. The average molecular weight is 421 g/mol. The Balaban J connectivity index is 0.000000496. The van der Waals surface area contributed by atoms with Crippen LogP contribution in [0.1, 0.15) is 20.8 Å². The lowest BCUT2D eigenvalue weighted by Crippen LogP contribution is -3.18. The topological polar surface area (TPSA) is 90.1 Å². The van der Waals surface area contributed by atoms with Gasteiger partial charge in [0.2, 0.25) is 0 Å². The van der Waals surface area contributed by atoms with Crippen LogP contribution < -0.4 is 5.01 Å². The minimum atomic E-state index is -6.72. The normalized spacial score (nSPS) is 22.3. The minimum absolute atomic E-state index is 0.662. The molecule has 0 spiro atoms. The van der Waals surface area contributed by atoms with Crippen molar-refractivity contribution in [3.63, 3.8) is 0 Å². The van der Waals surface area contributed by atoms with Crippen molar-refractivity contribution in [3.8, 4) is 0 Å². The van der Waals surface area contributed by atoms with E-state index < -0.39 is 31.1 Å². The molecule has 0 saturated carbocycles. The number of nitrogens with zero attached hydrogens (tertiary/aromatic N) is 2. The van der Waals surface area contributed by atoms with Crippen LogP contribution in [-0.2, 0) is 20.0 Å². The Hall–Kier alpha value is -1.06. The molecule has 15 heteroatoms. The third-order valence-corrected chi connectivity index (χ3v) is 5.86. The number of hydrogen-bond donors (Lipinski definition) is 1. The molecule has 7 nitrogen and oxygen atoms in total. The number of alkyl halides is 6. The molecule has 0 aliphatic carbocycles. The smallest absolute Gasteiger partial charge is 0.421 e. The molecule has 150 valence electrons.